The van der Waals surface area contributed by atoms with Crippen LogP contribution >= 0.6 is 0 Å². The zero-order valence-electron chi connectivity index (χ0n) is 11.0. The molecule has 0 spiro atoms. The largest absolute Gasteiger partial charge is 0.349 e. The van der Waals surface area contributed by atoms with Crippen molar-refractivity contribution in [2.45, 2.75) is 50.6 Å². The fourth-order valence-electron chi connectivity index (χ4n) is 2.56. The number of amides is 1. The van der Waals surface area contributed by atoms with Crippen LogP contribution in [0.3, 0.4) is 0 Å². The van der Waals surface area contributed by atoms with Gasteiger partial charge in [0.1, 0.15) is 5.82 Å². The van der Waals surface area contributed by atoms with E-state index in [9.17, 15) is 4.79 Å². The van der Waals surface area contributed by atoms with E-state index in [0.717, 1.165) is 31.5 Å². The van der Waals surface area contributed by atoms with E-state index in [0.29, 0.717) is 13.0 Å². The van der Waals surface area contributed by atoms with Gasteiger partial charge in [-0.1, -0.05) is 19.3 Å². The van der Waals surface area contributed by atoms with E-state index in [2.05, 4.69) is 10.3 Å². The van der Waals surface area contributed by atoms with E-state index in [1.54, 1.807) is 6.20 Å². The van der Waals surface area contributed by atoms with Gasteiger partial charge in [-0.3, -0.25) is 4.79 Å². The van der Waals surface area contributed by atoms with Crippen LogP contribution < -0.4 is 11.1 Å². The van der Waals surface area contributed by atoms with Crippen LogP contribution in [0.2, 0.25) is 0 Å². The summed E-state index contributed by atoms with van der Waals surface area (Å²) in [6, 6.07) is 0. The quantitative estimate of drug-likeness (QED) is 0.840. The standard InChI is InChI=1S/C13H22N4O/c1-17-8-7-15-11(17)10-16-12(18)9-13(14)5-3-2-4-6-13/h7-8H,2-6,9-10,14H2,1H3,(H,16,18). The molecule has 1 aliphatic rings. The van der Waals surface area contributed by atoms with Crippen molar-refractivity contribution in [3.63, 3.8) is 0 Å². The predicted molar refractivity (Wildman–Crippen MR) is 69.7 cm³/mol. The molecule has 0 aromatic carbocycles. The summed E-state index contributed by atoms with van der Waals surface area (Å²) in [6.45, 7) is 0.471. The Morgan fingerprint density at radius 3 is 2.83 bits per heavy atom. The summed E-state index contributed by atoms with van der Waals surface area (Å²) in [5.74, 6) is 0.889. The number of nitrogens with one attached hydrogen (secondary N) is 1. The summed E-state index contributed by atoms with van der Waals surface area (Å²) >= 11 is 0. The van der Waals surface area contributed by atoms with Crippen molar-refractivity contribution in [2.75, 3.05) is 0 Å². The Morgan fingerprint density at radius 2 is 2.22 bits per heavy atom. The molecule has 18 heavy (non-hydrogen) atoms. The summed E-state index contributed by atoms with van der Waals surface area (Å²) in [5.41, 5.74) is 5.97. The van der Waals surface area contributed by atoms with Gasteiger partial charge in [-0.15, -0.1) is 0 Å². The number of nitrogens with two attached hydrogens (primary N) is 1. The van der Waals surface area contributed by atoms with E-state index in [4.69, 9.17) is 5.73 Å². The molecule has 0 atom stereocenters. The van der Waals surface area contributed by atoms with Crippen LogP contribution in [0.5, 0.6) is 0 Å². The minimum absolute atomic E-state index is 0.0300. The third-order valence-electron chi connectivity index (χ3n) is 3.73. The molecule has 1 aromatic heterocycles. The minimum atomic E-state index is -0.288. The second-order valence-electron chi connectivity index (χ2n) is 5.33. The second-order valence-corrected chi connectivity index (χ2v) is 5.33. The first-order chi connectivity index (χ1) is 8.59. The lowest BCUT2D eigenvalue weighted by Gasteiger charge is -2.32. The number of aromatic nitrogens is 2. The van der Waals surface area contributed by atoms with Crippen molar-refractivity contribution in [2.24, 2.45) is 12.8 Å². The third kappa shape index (κ3) is 3.32. The number of hydrogen-bond donors (Lipinski definition) is 2. The van der Waals surface area contributed by atoms with Gasteiger partial charge >= 0.3 is 0 Å². The lowest BCUT2D eigenvalue weighted by atomic mass is 9.80. The summed E-state index contributed by atoms with van der Waals surface area (Å²) in [6.07, 6.45) is 9.48. The van der Waals surface area contributed by atoms with Gasteiger partial charge in [0.2, 0.25) is 5.91 Å². The lowest BCUT2D eigenvalue weighted by molar-refractivity contribution is -0.122. The molecule has 1 saturated carbocycles. The molecule has 1 aromatic rings. The highest BCUT2D eigenvalue weighted by Crippen LogP contribution is 2.28. The first-order valence-electron chi connectivity index (χ1n) is 6.61. The molecule has 1 aliphatic carbocycles. The van der Waals surface area contributed by atoms with Gasteiger partial charge in [-0.05, 0) is 12.8 Å². The smallest absolute Gasteiger partial charge is 0.222 e. The van der Waals surface area contributed by atoms with Crippen LogP contribution in [0.1, 0.15) is 44.3 Å². The topological polar surface area (TPSA) is 72.9 Å². The highest BCUT2D eigenvalue weighted by atomic mass is 16.1. The number of aryl methyl sites for hydroxylation is 1. The molecule has 100 valence electrons. The third-order valence-corrected chi connectivity index (χ3v) is 3.73. The van der Waals surface area contributed by atoms with E-state index in [-0.39, 0.29) is 11.4 Å². The van der Waals surface area contributed by atoms with Gasteiger partial charge in [-0.25, -0.2) is 4.98 Å². The second kappa shape index (κ2) is 5.52. The van der Waals surface area contributed by atoms with Crippen molar-refractivity contribution < 1.29 is 4.79 Å². The number of nitrogens with zero attached hydrogens (tertiary/aromatic N) is 2. The number of carbonyl (C=O) groups excluding carboxylic acids is 1. The van der Waals surface area contributed by atoms with Gasteiger partial charge in [0, 0.05) is 31.4 Å². The van der Waals surface area contributed by atoms with Crippen LogP contribution in [0, 0.1) is 0 Å². The van der Waals surface area contributed by atoms with Gasteiger partial charge in [-0.2, -0.15) is 0 Å². The first-order valence-corrected chi connectivity index (χ1v) is 6.61. The lowest BCUT2D eigenvalue weighted by Crippen LogP contribution is -2.46. The van der Waals surface area contributed by atoms with Crippen molar-refractivity contribution in [3.05, 3.63) is 18.2 Å². The summed E-state index contributed by atoms with van der Waals surface area (Å²) in [5, 5.41) is 2.90. The van der Waals surface area contributed by atoms with Gasteiger partial charge in [0.15, 0.2) is 0 Å². The Labute approximate surface area is 108 Å². The normalized spacial score (nSPS) is 18.6. The Bertz CT molecular complexity index is 407. The Morgan fingerprint density at radius 1 is 1.50 bits per heavy atom. The molecule has 1 heterocycles. The van der Waals surface area contributed by atoms with Crippen LogP contribution in [-0.4, -0.2) is 21.0 Å². The van der Waals surface area contributed by atoms with Crippen molar-refractivity contribution in [1.82, 2.24) is 14.9 Å². The number of rotatable bonds is 4. The number of imidazole rings is 1. The minimum Gasteiger partial charge on any atom is -0.349 e. The Kier molecular flexibility index (Phi) is 4.01. The molecular formula is C13H22N4O. The summed E-state index contributed by atoms with van der Waals surface area (Å²) in [4.78, 5) is 16.1. The highest BCUT2D eigenvalue weighted by molar-refractivity contribution is 5.77. The van der Waals surface area contributed by atoms with Crippen molar-refractivity contribution in [3.8, 4) is 0 Å². The number of carbonyl (C=O) groups is 1. The zero-order valence-corrected chi connectivity index (χ0v) is 11.0. The SMILES string of the molecule is Cn1ccnc1CNC(=O)CC1(N)CCCCC1. The van der Waals surface area contributed by atoms with Crippen molar-refractivity contribution in [1.29, 1.82) is 0 Å². The maximum absolute atomic E-state index is 11.9. The molecule has 1 amide bonds. The van der Waals surface area contributed by atoms with Gasteiger partial charge in [0.05, 0.1) is 6.54 Å². The molecule has 1 fully saturated rings. The van der Waals surface area contributed by atoms with E-state index < -0.39 is 0 Å². The Balaban J connectivity index is 1.80. The van der Waals surface area contributed by atoms with Gasteiger partial charge < -0.3 is 15.6 Å². The van der Waals surface area contributed by atoms with Crippen LogP contribution in [0.25, 0.3) is 0 Å². The number of hydrogen-bond acceptors (Lipinski definition) is 3. The highest BCUT2D eigenvalue weighted by Gasteiger charge is 2.29. The van der Waals surface area contributed by atoms with E-state index >= 15 is 0 Å². The van der Waals surface area contributed by atoms with Crippen LogP contribution in [0.4, 0.5) is 0 Å². The fraction of sp³-hybridized carbons (Fsp3) is 0.692. The molecule has 0 saturated heterocycles. The average molecular weight is 250 g/mol. The van der Waals surface area contributed by atoms with E-state index in [1.165, 1.54) is 6.42 Å². The molecular weight excluding hydrogens is 228 g/mol. The van der Waals surface area contributed by atoms with Crippen LogP contribution in [-0.2, 0) is 18.4 Å². The monoisotopic (exact) mass is 250 g/mol. The molecule has 3 N–H and O–H groups in total. The molecule has 5 nitrogen and oxygen atoms in total. The molecule has 0 bridgehead atoms. The predicted octanol–water partition coefficient (Wildman–Crippen LogP) is 1.09. The zero-order chi connectivity index (χ0) is 13.0. The molecule has 0 radical (unpaired) electrons. The maximum atomic E-state index is 11.9. The van der Waals surface area contributed by atoms with Gasteiger partial charge in [0.25, 0.3) is 0 Å². The van der Waals surface area contributed by atoms with Crippen LogP contribution in [0.15, 0.2) is 12.4 Å². The molecule has 2 rings (SSSR count). The molecule has 0 unspecified atom stereocenters. The van der Waals surface area contributed by atoms with Crippen molar-refractivity contribution >= 4 is 5.91 Å². The maximum Gasteiger partial charge on any atom is 0.222 e. The Hall–Kier alpha value is -1.36. The van der Waals surface area contributed by atoms with E-state index in [1.807, 2.05) is 17.8 Å². The molecule has 5 heteroatoms. The summed E-state index contributed by atoms with van der Waals surface area (Å²) < 4.78 is 1.90. The molecule has 0 aliphatic heterocycles. The summed E-state index contributed by atoms with van der Waals surface area (Å²) in [7, 11) is 1.92. The fourth-order valence-corrected chi connectivity index (χ4v) is 2.56. The average Bonchev–Trinajstić information content (AvgIpc) is 2.72. The first kappa shape index (κ1) is 13.1.